The van der Waals surface area contributed by atoms with E-state index < -0.39 is 49.1 Å². The molecule has 0 bridgehead atoms. The summed E-state index contributed by atoms with van der Waals surface area (Å²) in [6, 6.07) is 10.1. The number of carbonyl (C=O) groups excluding carboxylic acids is 3. The zero-order chi connectivity index (χ0) is 29.6. The molecule has 7 rings (SSSR count). The highest BCUT2D eigenvalue weighted by atomic mass is 35.5. The zero-order valence-electron chi connectivity index (χ0n) is 21.7. The fraction of sp³-hybridized carbons (Fsp3) is 0.250. The van der Waals surface area contributed by atoms with Crippen LogP contribution >= 0.6 is 23.2 Å². The minimum Gasteiger partial charge on any atom is -0.394 e. The molecular formula is C28H22Cl2N4O8. The molecule has 5 aromatic rings. The molecule has 3 amide bonds. The quantitative estimate of drug-likeness (QED) is 0.149. The van der Waals surface area contributed by atoms with Crippen LogP contribution in [-0.4, -0.2) is 86.2 Å². The molecule has 2 aliphatic heterocycles. The maximum atomic E-state index is 13.8. The number of hydrazine groups is 1. The molecule has 0 saturated carbocycles. The molecule has 5 N–H and O–H groups in total. The monoisotopic (exact) mass is 612 g/mol. The molecular weight excluding hydrogens is 591 g/mol. The second kappa shape index (κ2) is 9.64. The van der Waals surface area contributed by atoms with Crippen LogP contribution < -0.4 is 5.43 Å². The highest BCUT2D eigenvalue weighted by Crippen LogP contribution is 2.48. The highest BCUT2D eigenvalue weighted by Gasteiger charge is 2.48. The molecule has 5 unspecified atom stereocenters. The van der Waals surface area contributed by atoms with E-state index in [2.05, 4.69) is 10.4 Å². The van der Waals surface area contributed by atoms with Crippen molar-refractivity contribution in [2.45, 2.75) is 30.6 Å². The topological polar surface area (TPSA) is 166 Å². The van der Waals surface area contributed by atoms with Crippen molar-refractivity contribution in [3.8, 4) is 0 Å². The summed E-state index contributed by atoms with van der Waals surface area (Å²) in [5.41, 5.74) is 3.73. The molecule has 1 saturated heterocycles. The lowest BCUT2D eigenvalue weighted by Gasteiger charge is -2.42. The number of nitrogens with one attached hydrogen (secondary N) is 2. The number of hydrogen-bond acceptors (Lipinski definition) is 8. The van der Waals surface area contributed by atoms with Gasteiger partial charge in [-0.1, -0.05) is 47.5 Å². The summed E-state index contributed by atoms with van der Waals surface area (Å²) < 4.78 is 13.0. The van der Waals surface area contributed by atoms with Gasteiger partial charge in [-0.3, -0.25) is 19.8 Å². The Bertz CT molecular complexity index is 1990. The van der Waals surface area contributed by atoms with Gasteiger partial charge in [-0.15, -0.1) is 0 Å². The summed E-state index contributed by atoms with van der Waals surface area (Å²) in [5.74, 6) is -1.52. The van der Waals surface area contributed by atoms with Crippen LogP contribution in [0.1, 0.15) is 26.9 Å². The molecule has 2 aromatic heterocycles. The number of methoxy groups -OCH3 is 1. The van der Waals surface area contributed by atoms with Crippen LogP contribution in [0.25, 0.3) is 43.6 Å². The lowest BCUT2D eigenvalue weighted by molar-refractivity contribution is -0.255. The number of nitrogens with zero attached hydrogens (tertiary/aromatic N) is 2. The third kappa shape index (κ3) is 3.39. The number of aromatic nitrogens is 2. The van der Waals surface area contributed by atoms with E-state index in [-0.39, 0.29) is 22.6 Å². The fourth-order valence-corrected chi connectivity index (χ4v) is 6.92. The molecule has 1 fully saturated rings. The van der Waals surface area contributed by atoms with Crippen LogP contribution in [-0.2, 0) is 14.3 Å². The summed E-state index contributed by atoms with van der Waals surface area (Å²) in [4.78, 5) is 42.2. The number of para-hydroxylation sites is 2. The van der Waals surface area contributed by atoms with Crippen LogP contribution in [0.15, 0.2) is 36.4 Å². The number of hydrogen-bond donors (Lipinski definition) is 5. The van der Waals surface area contributed by atoms with E-state index >= 15 is 0 Å². The number of H-pyrrole nitrogens is 1. The van der Waals surface area contributed by atoms with Gasteiger partial charge in [0.25, 0.3) is 11.8 Å². The molecule has 3 aromatic carbocycles. The molecule has 0 radical (unpaired) electrons. The number of ether oxygens (including phenoxy) is 2. The van der Waals surface area contributed by atoms with Crippen molar-refractivity contribution < 1.29 is 39.2 Å². The van der Waals surface area contributed by atoms with Crippen LogP contribution in [0.3, 0.4) is 0 Å². The number of halogens is 2. The van der Waals surface area contributed by atoms with Crippen LogP contribution in [0.5, 0.6) is 0 Å². The van der Waals surface area contributed by atoms with Crippen molar-refractivity contribution in [1.29, 1.82) is 0 Å². The Labute approximate surface area is 245 Å². The van der Waals surface area contributed by atoms with Gasteiger partial charge in [-0.2, -0.15) is 5.01 Å². The number of aliphatic hydroxyl groups excluding tert-OH is 3. The van der Waals surface area contributed by atoms with E-state index in [0.717, 1.165) is 0 Å². The molecule has 12 nitrogen and oxygen atoms in total. The molecule has 42 heavy (non-hydrogen) atoms. The third-order valence-electron chi connectivity index (χ3n) is 8.13. The molecule has 0 spiro atoms. The standard InChI is InChI=1S/C28H22Cl2N4O8/c1-41-25-14(8-35)42-28(24(38)23(25)37)33-21-11(5-3-7-13(21)30)16-18-17(26(39)34(27(18)40)31-9-36)15-10-4-2-6-12(29)19(10)32-20(15)22(16)33/h2-7,9,14,23-25,28,32,35,37-38H,8H2,1H3,(H,31,36). The number of aromatic amines is 1. The van der Waals surface area contributed by atoms with Crippen molar-refractivity contribution in [3.63, 3.8) is 0 Å². The van der Waals surface area contributed by atoms with Crippen LogP contribution in [0.4, 0.5) is 0 Å². The first-order valence-electron chi connectivity index (χ1n) is 12.9. The third-order valence-corrected chi connectivity index (χ3v) is 8.75. The zero-order valence-corrected chi connectivity index (χ0v) is 23.2. The number of amides is 3. The Morgan fingerprint density at radius 3 is 2.31 bits per heavy atom. The lowest BCUT2D eigenvalue weighted by Crippen LogP contribution is -2.57. The van der Waals surface area contributed by atoms with Gasteiger partial charge in [0.15, 0.2) is 6.23 Å². The maximum absolute atomic E-state index is 13.8. The van der Waals surface area contributed by atoms with Gasteiger partial charge in [0.1, 0.15) is 24.4 Å². The summed E-state index contributed by atoms with van der Waals surface area (Å²) in [6.07, 6.45) is -6.22. The van der Waals surface area contributed by atoms with Gasteiger partial charge in [0, 0.05) is 28.7 Å². The molecule has 14 heteroatoms. The highest BCUT2D eigenvalue weighted by molar-refractivity contribution is 6.43. The van der Waals surface area contributed by atoms with Gasteiger partial charge >= 0.3 is 0 Å². The van der Waals surface area contributed by atoms with Crippen LogP contribution in [0, 0.1) is 0 Å². The summed E-state index contributed by atoms with van der Waals surface area (Å²) in [5, 5.41) is 35.3. The number of imide groups is 1. The summed E-state index contributed by atoms with van der Waals surface area (Å²) >= 11 is 13.3. The summed E-state index contributed by atoms with van der Waals surface area (Å²) in [6.45, 7) is -0.532. The van der Waals surface area contributed by atoms with E-state index in [4.69, 9.17) is 32.7 Å². The normalized spacial score (nSPS) is 24.4. The van der Waals surface area contributed by atoms with Crippen molar-refractivity contribution in [2.75, 3.05) is 13.7 Å². The number of aliphatic hydroxyl groups is 3. The first-order valence-corrected chi connectivity index (χ1v) is 13.6. The molecule has 216 valence electrons. The summed E-state index contributed by atoms with van der Waals surface area (Å²) in [7, 11) is 1.33. The van der Waals surface area contributed by atoms with Crippen LogP contribution in [0.2, 0.25) is 10.0 Å². The van der Waals surface area contributed by atoms with E-state index in [1.54, 1.807) is 41.0 Å². The number of benzene rings is 3. The van der Waals surface area contributed by atoms with Gasteiger partial charge in [0.05, 0.1) is 49.8 Å². The Kier molecular flexibility index (Phi) is 6.22. The Morgan fingerprint density at radius 2 is 1.64 bits per heavy atom. The van der Waals surface area contributed by atoms with Crippen molar-refractivity contribution in [2.24, 2.45) is 0 Å². The minimum absolute atomic E-state index is 0.00284. The average molecular weight is 613 g/mol. The SMILES string of the molecule is COC1C(CO)OC(n2c3c(Cl)cccc3c3c4c(c5c6cccc(Cl)c6[nH]c5c32)C(=O)N(NC=O)C4=O)C(O)C1O. The van der Waals surface area contributed by atoms with E-state index in [1.165, 1.54) is 7.11 Å². The lowest BCUT2D eigenvalue weighted by atomic mass is 9.96. The average Bonchev–Trinajstić information content (AvgIpc) is 3.61. The molecule has 0 aliphatic carbocycles. The molecule has 4 heterocycles. The molecule has 5 atom stereocenters. The van der Waals surface area contributed by atoms with Crippen molar-refractivity contribution >= 4 is 85.0 Å². The number of fused-ring (bicyclic) bond motifs is 10. The fourth-order valence-electron chi connectivity index (χ4n) is 6.43. The first-order chi connectivity index (χ1) is 20.2. The predicted molar refractivity (Wildman–Crippen MR) is 152 cm³/mol. The van der Waals surface area contributed by atoms with Crippen molar-refractivity contribution in [3.05, 3.63) is 57.6 Å². The Morgan fingerprint density at radius 1 is 0.976 bits per heavy atom. The molecule has 2 aliphatic rings. The van der Waals surface area contributed by atoms with Crippen molar-refractivity contribution in [1.82, 2.24) is 20.0 Å². The first kappa shape index (κ1) is 27.1. The Balaban J connectivity index is 1.70. The van der Waals surface area contributed by atoms with E-state index in [0.29, 0.717) is 53.6 Å². The van der Waals surface area contributed by atoms with E-state index in [9.17, 15) is 29.7 Å². The maximum Gasteiger partial charge on any atom is 0.281 e. The largest absolute Gasteiger partial charge is 0.394 e. The smallest absolute Gasteiger partial charge is 0.281 e. The minimum atomic E-state index is -1.57. The predicted octanol–water partition coefficient (Wildman–Crippen LogP) is 2.62. The van der Waals surface area contributed by atoms with Gasteiger partial charge in [-0.25, -0.2) is 0 Å². The van der Waals surface area contributed by atoms with Gasteiger partial charge in [-0.05, 0) is 12.1 Å². The number of rotatable bonds is 5. The van der Waals surface area contributed by atoms with Gasteiger partial charge in [0.2, 0.25) is 6.41 Å². The van der Waals surface area contributed by atoms with E-state index in [1.807, 2.05) is 0 Å². The second-order valence-electron chi connectivity index (χ2n) is 10.1. The Hall–Kier alpha value is -3.75. The second-order valence-corrected chi connectivity index (χ2v) is 11.0. The number of carbonyl (C=O) groups is 3. The van der Waals surface area contributed by atoms with Gasteiger partial charge < -0.3 is 34.3 Å².